The molecule has 1 unspecified atom stereocenters. The molecular weight excluding hydrogens is 331 g/mol. The Balaban J connectivity index is 1.60. The van der Waals surface area contributed by atoms with Gasteiger partial charge in [0.2, 0.25) is 0 Å². The maximum Gasteiger partial charge on any atom is 0.318 e. The first kappa shape index (κ1) is 18.2. The molecule has 3 rings (SSSR count). The second-order valence-corrected chi connectivity index (χ2v) is 6.90. The zero-order chi connectivity index (χ0) is 18.5. The minimum atomic E-state index is -0.273. The molecule has 2 aromatic carbocycles. The fourth-order valence-corrected chi connectivity index (χ4v) is 3.08. The van der Waals surface area contributed by atoms with Gasteiger partial charge in [-0.25, -0.2) is 9.18 Å². The SMILES string of the molecule is COc1cccc(CC(C)NC(=O)N(Cc2cccc(F)c2)C2CC2)c1. The van der Waals surface area contributed by atoms with Gasteiger partial charge in [0.1, 0.15) is 11.6 Å². The van der Waals surface area contributed by atoms with E-state index in [1.54, 1.807) is 13.2 Å². The minimum Gasteiger partial charge on any atom is -0.497 e. The highest BCUT2D eigenvalue weighted by atomic mass is 19.1. The summed E-state index contributed by atoms with van der Waals surface area (Å²) in [6, 6.07) is 14.4. The summed E-state index contributed by atoms with van der Waals surface area (Å²) >= 11 is 0. The molecule has 1 aliphatic rings. The molecule has 0 saturated heterocycles. The first-order valence-electron chi connectivity index (χ1n) is 8.99. The number of benzene rings is 2. The van der Waals surface area contributed by atoms with Gasteiger partial charge in [0.25, 0.3) is 0 Å². The quantitative estimate of drug-likeness (QED) is 0.810. The second-order valence-electron chi connectivity index (χ2n) is 6.90. The Morgan fingerprint density at radius 1 is 1.23 bits per heavy atom. The molecule has 1 fully saturated rings. The van der Waals surface area contributed by atoms with Crippen molar-refractivity contribution in [3.8, 4) is 5.75 Å². The van der Waals surface area contributed by atoms with Crippen molar-refractivity contribution in [2.75, 3.05) is 7.11 Å². The summed E-state index contributed by atoms with van der Waals surface area (Å²) in [5.74, 6) is 0.539. The maximum atomic E-state index is 13.4. The van der Waals surface area contributed by atoms with Gasteiger partial charge in [-0.3, -0.25) is 0 Å². The van der Waals surface area contributed by atoms with Gasteiger partial charge < -0.3 is 15.0 Å². The first-order chi connectivity index (χ1) is 12.5. The summed E-state index contributed by atoms with van der Waals surface area (Å²) in [4.78, 5) is 14.6. The van der Waals surface area contributed by atoms with Gasteiger partial charge in [-0.2, -0.15) is 0 Å². The van der Waals surface area contributed by atoms with Gasteiger partial charge >= 0.3 is 6.03 Å². The van der Waals surface area contributed by atoms with Crippen molar-refractivity contribution in [3.05, 3.63) is 65.5 Å². The van der Waals surface area contributed by atoms with E-state index in [4.69, 9.17) is 4.74 Å². The zero-order valence-electron chi connectivity index (χ0n) is 15.2. The summed E-state index contributed by atoms with van der Waals surface area (Å²) in [5.41, 5.74) is 1.92. The Kier molecular flexibility index (Phi) is 5.76. The van der Waals surface area contributed by atoms with Crippen molar-refractivity contribution in [1.82, 2.24) is 10.2 Å². The van der Waals surface area contributed by atoms with Crippen LogP contribution in [0.1, 0.15) is 30.9 Å². The van der Waals surface area contributed by atoms with Crippen LogP contribution in [0.15, 0.2) is 48.5 Å². The number of nitrogens with one attached hydrogen (secondary N) is 1. The van der Waals surface area contributed by atoms with E-state index in [9.17, 15) is 9.18 Å². The van der Waals surface area contributed by atoms with Gasteiger partial charge in [0.15, 0.2) is 0 Å². The molecule has 2 aromatic rings. The Bertz CT molecular complexity index is 761. The predicted molar refractivity (Wildman–Crippen MR) is 99.7 cm³/mol. The topological polar surface area (TPSA) is 41.6 Å². The summed E-state index contributed by atoms with van der Waals surface area (Å²) in [6.45, 7) is 2.42. The first-order valence-corrected chi connectivity index (χ1v) is 8.99. The number of rotatable bonds is 7. The number of nitrogens with zero attached hydrogens (tertiary/aromatic N) is 1. The van der Waals surface area contributed by atoms with E-state index in [2.05, 4.69) is 5.32 Å². The lowest BCUT2D eigenvalue weighted by atomic mass is 10.1. The molecule has 0 spiro atoms. The van der Waals surface area contributed by atoms with Crippen molar-refractivity contribution in [2.45, 2.75) is 44.8 Å². The Hall–Kier alpha value is -2.56. The van der Waals surface area contributed by atoms with Gasteiger partial charge in [0.05, 0.1) is 7.11 Å². The molecule has 0 heterocycles. The molecule has 0 radical (unpaired) electrons. The number of carbonyl (C=O) groups is 1. The molecule has 26 heavy (non-hydrogen) atoms. The number of methoxy groups -OCH3 is 1. The van der Waals surface area contributed by atoms with E-state index in [1.807, 2.05) is 42.2 Å². The number of urea groups is 1. The Morgan fingerprint density at radius 2 is 1.96 bits per heavy atom. The summed E-state index contributed by atoms with van der Waals surface area (Å²) < 4.78 is 18.7. The zero-order valence-corrected chi connectivity index (χ0v) is 15.2. The lowest BCUT2D eigenvalue weighted by molar-refractivity contribution is 0.188. The highest BCUT2D eigenvalue weighted by Gasteiger charge is 2.33. The van der Waals surface area contributed by atoms with E-state index >= 15 is 0 Å². The largest absolute Gasteiger partial charge is 0.497 e. The van der Waals surface area contributed by atoms with E-state index in [0.29, 0.717) is 6.54 Å². The van der Waals surface area contributed by atoms with Crippen molar-refractivity contribution in [1.29, 1.82) is 0 Å². The van der Waals surface area contributed by atoms with Crippen LogP contribution in [-0.4, -0.2) is 30.1 Å². The Labute approximate surface area is 154 Å². The van der Waals surface area contributed by atoms with Crippen LogP contribution in [0.3, 0.4) is 0 Å². The molecule has 1 N–H and O–H groups in total. The van der Waals surface area contributed by atoms with E-state index in [-0.39, 0.29) is 23.9 Å². The van der Waals surface area contributed by atoms with Crippen LogP contribution < -0.4 is 10.1 Å². The monoisotopic (exact) mass is 356 g/mol. The molecule has 0 bridgehead atoms. The fourth-order valence-electron chi connectivity index (χ4n) is 3.08. The van der Waals surface area contributed by atoms with Crippen molar-refractivity contribution in [2.24, 2.45) is 0 Å². The highest BCUT2D eigenvalue weighted by Crippen LogP contribution is 2.28. The number of carbonyl (C=O) groups excluding carboxylic acids is 1. The van der Waals surface area contributed by atoms with Crippen LogP contribution in [0.5, 0.6) is 5.75 Å². The maximum absolute atomic E-state index is 13.4. The van der Waals surface area contributed by atoms with Crippen LogP contribution in [0.4, 0.5) is 9.18 Å². The molecule has 0 aliphatic heterocycles. The Morgan fingerprint density at radius 3 is 2.65 bits per heavy atom. The number of hydrogen-bond acceptors (Lipinski definition) is 2. The average molecular weight is 356 g/mol. The minimum absolute atomic E-state index is 0.0108. The van der Waals surface area contributed by atoms with Crippen LogP contribution in [0, 0.1) is 5.82 Å². The highest BCUT2D eigenvalue weighted by molar-refractivity contribution is 5.75. The molecule has 4 nitrogen and oxygen atoms in total. The lowest BCUT2D eigenvalue weighted by Crippen LogP contribution is -2.45. The summed E-state index contributed by atoms with van der Waals surface area (Å²) in [7, 11) is 1.64. The third kappa shape index (κ3) is 4.97. The lowest BCUT2D eigenvalue weighted by Gasteiger charge is -2.25. The van der Waals surface area contributed by atoms with Gasteiger partial charge in [0, 0.05) is 18.6 Å². The molecule has 5 heteroatoms. The third-order valence-electron chi connectivity index (χ3n) is 4.54. The molecule has 1 aliphatic carbocycles. The second kappa shape index (κ2) is 8.21. The molecule has 0 aromatic heterocycles. The smallest absolute Gasteiger partial charge is 0.318 e. The van der Waals surface area contributed by atoms with E-state index in [1.165, 1.54) is 12.1 Å². The number of hydrogen-bond donors (Lipinski definition) is 1. The summed E-state index contributed by atoms with van der Waals surface area (Å²) in [5, 5.41) is 3.07. The molecule has 138 valence electrons. The third-order valence-corrected chi connectivity index (χ3v) is 4.54. The van der Waals surface area contributed by atoms with Gasteiger partial charge in [-0.15, -0.1) is 0 Å². The van der Waals surface area contributed by atoms with Crippen molar-refractivity contribution >= 4 is 6.03 Å². The normalized spacial score (nSPS) is 14.6. The molecule has 2 amide bonds. The van der Waals surface area contributed by atoms with Crippen LogP contribution in [0.2, 0.25) is 0 Å². The number of halogens is 1. The number of amides is 2. The van der Waals surface area contributed by atoms with Crippen LogP contribution in [0.25, 0.3) is 0 Å². The fraction of sp³-hybridized carbons (Fsp3) is 0.381. The average Bonchev–Trinajstić information content (AvgIpc) is 3.44. The van der Waals surface area contributed by atoms with Crippen molar-refractivity contribution in [3.63, 3.8) is 0 Å². The van der Waals surface area contributed by atoms with Crippen LogP contribution in [-0.2, 0) is 13.0 Å². The molecule has 1 atom stereocenters. The molecule has 1 saturated carbocycles. The van der Waals surface area contributed by atoms with Crippen LogP contribution >= 0.6 is 0 Å². The standard InChI is InChI=1S/C21H25FN2O2/c1-15(11-16-5-4-8-20(13-16)26-2)23-21(25)24(19-9-10-19)14-17-6-3-7-18(22)12-17/h3-8,12-13,15,19H,9-11,14H2,1-2H3,(H,23,25). The summed E-state index contributed by atoms with van der Waals surface area (Å²) in [6.07, 6.45) is 2.74. The van der Waals surface area contributed by atoms with Gasteiger partial charge in [-0.1, -0.05) is 24.3 Å². The molecular formula is C21H25FN2O2. The van der Waals surface area contributed by atoms with Gasteiger partial charge in [-0.05, 0) is 61.6 Å². The van der Waals surface area contributed by atoms with E-state index in [0.717, 1.165) is 36.1 Å². The van der Waals surface area contributed by atoms with E-state index < -0.39 is 0 Å². The number of ether oxygens (including phenoxy) is 1. The van der Waals surface area contributed by atoms with Crippen molar-refractivity contribution < 1.29 is 13.9 Å². The predicted octanol–water partition coefficient (Wildman–Crippen LogP) is 4.14.